The van der Waals surface area contributed by atoms with Crippen LogP contribution >= 0.6 is 15.9 Å². The van der Waals surface area contributed by atoms with E-state index in [0.29, 0.717) is 5.56 Å². The number of halogens is 1. The zero-order valence-corrected chi connectivity index (χ0v) is 10.7. The van der Waals surface area contributed by atoms with Gasteiger partial charge in [0, 0.05) is 16.2 Å². The number of hydrogen-bond donors (Lipinski definition) is 2. The summed E-state index contributed by atoms with van der Waals surface area (Å²) >= 11 is 3.35. The minimum atomic E-state index is 0.0504. The molecular weight excluding hydrogens is 284 g/mol. The summed E-state index contributed by atoms with van der Waals surface area (Å²) in [5.41, 5.74) is 8.06. The fourth-order valence-corrected chi connectivity index (χ4v) is 1.87. The molecule has 17 heavy (non-hydrogen) atoms. The number of rotatable bonds is 2. The van der Waals surface area contributed by atoms with Gasteiger partial charge in [-0.25, -0.2) is 4.68 Å². The summed E-state index contributed by atoms with van der Waals surface area (Å²) < 4.78 is 2.54. The van der Waals surface area contributed by atoms with Gasteiger partial charge in [0.1, 0.15) is 0 Å². The van der Waals surface area contributed by atoms with Crippen LogP contribution < -0.4 is 5.73 Å². The van der Waals surface area contributed by atoms with Gasteiger partial charge in [-0.15, -0.1) is 0 Å². The number of benzene rings is 1. The lowest BCUT2D eigenvalue weighted by Crippen LogP contribution is -2.16. The summed E-state index contributed by atoms with van der Waals surface area (Å²) in [5.74, 6) is 0.0504. The van der Waals surface area contributed by atoms with Gasteiger partial charge in [0.25, 0.3) is 0 Å². The van der Waals surface area contributed by atoms with Crippen LogP contribution in [0.15, 0.2) is 40.2 Å². The van der Waals surface area contributed by atoms with Gasteiger partial charge in [0.2, 0.25) is 0 Å². The number of aryl methyl sites for hydroxylation is 1. The van der Waals surface area contributed by atoms with Crippen molar-refractivity contribution in [3.8, 4) is 5.69 Å². The van der Waals surface area contributed by atoms with E-state index in [1.54, 1.807) is 16.9 Å². The van der Waals surface area contributed by atoms with Crippen LogP contribution in [0.25, 0.3) is 5.69 Å². The monoisotopic (exact) mass is 294 g/mol. The van der Waals surface area contributed by atoms with Gasteiger partial charge in [-0.2, -0.15) is 5.10 Å². The van der Waals surface area contributed by atoms with Crippen molar-refractivity contribution in [1.82, 2.24) is 9.78 Å². The van der Waals surface area contributed by atoms with Gasteiger partial charge >= 0.3 is 0 Å². The highest BCUT2D eigenvalue weighted by Crippen LogP contribution is 2.20. The summed E-state index contributed by atoms with van der Waals surface area (Å²) in [4.78, 5) is 0. The van der Waals surface area contributed by atoms with Gasteiger partial charge in [0.15, 0.2) is 5.84 Å². The second-order valence-corrected chi connectivity index (χ2v) is 4.52. The highest BCUT2D eigenvalue weighted by atomic mass is 79.9. The smallest absolute Gasteiger partial charge is 0.172 e. The van der Waals surface area contributed by atoms with Crippen molar-refractivity contribution in [2.45, 2.75) is 6.92 Å². The number of amidine groups is 1. The second kappa shape index (κ2) is 4.58. The van der Waals surface area contributed by atoms with Gasteiger partial charge in [-0.05, 0) is 30.7 Å². The third-order valence-electron chi connectivity index (χ3n) is 2.30. The quantitative estimate of drug-likeness (QED) is 0.385. The standard InChI is InChI=1S/C11H11BrN4O/c1-7-5-14-16(6-7)10-3-2-8(12)4-9(10)11(13)15-17/h2-6,17H,1H3,(H2,13,15). The molecule has 0 fully saturated rings. The van der Waals surface area contributed by atoms with Crippen molar-refractivity contribution in [1.29, 1.82) is 0 Å². The largest absolute Gasteiger partial charge is 0.409 e. The zero-order valence-electron chi connectivity index (χ0n) is 9.13. The van der Waals surface area contributed by atoms with Gasteiger partial charge < -0.3 is 10.9 Å². The van der Waals surface area contributed by atoms with E-state index in [1.165, 1.54) is 0 Å². The molecule has 2 aromatic rings. The molecule has 1 aromatic carbocycles. The van der Waals surface area contributed by atoms with E-state index in [9.17, 15) is 0 Å². The Kier molecular flexibility index (Phi) is 3.14. The SMILES string of the molecule is Cc1cnn(-c2ccc(Br)cc2/C(N)=N/O)c1. The molecule has 0 amide bonds. The molecule has 0 radical (unpaired) electrons. The van der Waals surface area contributed by atoms with Crippen LogP contribution in [0.2, 0.25) is 0 Å². The number of aromatic nitrogens is 2. The van der Waals surface area contributed by atoms with Gasteiger partial charge in [0.05, 0.1) is 11.9 Å². The molecule has 1 aromatic heterocycles. The van der Waals surface area contributed by atoms with E-state index in [1.807, 2.05) is 25.3 Å². The van der Waals surface area contributed by atoms with E-state index >= 15 is 0 Å². The van der Waals surface area contributed by atoms with E-state index in [-0.39, 0.29) is 5.84 Å². The Hall–Kier alpha value is -1.82. The maximum atomic E-state index is 8.77. The lowest BCUT2D eigenvalue weighted by molar-refractivity contribution is 0.318. The Morgan fingerprint density at radius 2 is 2.29 bits per heavy atom. The maximum Gasteiger partial charge on any atom is 0.172 e. The maximum absolute atomic E-state index is 8.77. The predicted octanol–water partition coefficient (Wildman–Crippen LogP) is 2.04. The van der Waals surface area contributed by atoms with Crippen molar-refractivity contribution in [3.63, 3.8) is 0 Å². The Morgan fingerprint density at radius 1 is 1.53 bits per heavy atom. The molecule has 0 aliphatic carbocycles. The Labute approximate surface area is 107 Å². The van der Waals surface area contributed by atoms with Crippen LogP contribution in [0.5, 0.6) is 0 Å². The Morgan fingerprint density at radius 3 is 2.88 bits per heavy atom. The first-order chi connectivity index (χ1) is 8.11. The van der Waals surface area contributed by atoms with Gasteiger partial charge in [-0.3, -0.25) is 0 Å². The molecule has 0 unspecified atom stereocenters. The lowest BCUT2D eigenvalue weighted by Gasteiger charge is -2.08. The molecule has 1 heterocycles. The number of oxime groups is 1. The molecule has 0 spiro atoms. The van der Waals surface area contributed by atoms with Crippen molar-refractivity contribution in [2.75, 3.05) is 0 Å². The van der Waals surface area contributed by atoms with E-state index in [4.69, 9.17) is 10.9 Å². The average Bonchev–Trinajstić information content (AvgIpc) is 2.74. The van der Waals surface area contributed by atoms with Crippen LogP contribution in [0.1, 0.15) is 11.1 Å². The Balaban J connectivity index is 2.61. The molecule has 0 bridgehead atoms. The first-order valence-corrected chi connectivity index (χ1v) is 5.70. The van der Waals surface area contributed by atoms with Gasteiger partial charge in [-0.1, -0.05) is 21.1 Å². The highest BCUT2D eigenvalue weighted by Gasteiger charge is 2.10. The first kappa shape index (κ1) is 11.7. The number of nitrogens with zero attached hydrogens (tertiary/aromatic N) is 3. The van der Waals surface area contributed by atoms with Crippen molar-refractivity contribution < 1.29 is 5.21 Å². The van der Waals surface area contributed by atoms with Crippen molar-refractivity contribution in [2.24, 2.45) is 10.9 Å². The first-order valence-electron chi connectivity index (χ1n) is 4.91. The summed E-state index contributed by atoms with van der Waals surface area (Å²) in [6.45, 7) is 1.95. The molecular formula is C11H11BrN4O. The zero-order chi connectivity index (χ0) is 12.4. The van der Waals surface area contributed by atoms with Crippen molar-refractivity contribution in [3.05, 3.63) is 46.2 Å². The molecule has 5 nitrogen and oxygen atoms in total. The average molecular weight is 295 g/mol. The predicted molar refractivity (Wildman–Crippen MR) is 68.5 cm³/mol. The van der Waals surface area contributed by atoms with E-state index in [2.05, 4.69) is 26.2 Å². The normalized spacial score (nSPS) is 11.8. The molecule has 0 aliphatic heterocycles. The van der Waals surface area contributed by atoms with Crippen LogP contribution in [-0.2, 0) is 0 Å². The molecule has 3 N–H and O–H groups in total. The lowest BCUT2D eigenvalue weighted by atomic mass is 10.1. The molecule has 0 saturated carbocycles. The molecule has 0 atom stereocenters. The molecule has 0 saturated heterocycles. The summed E-state index contributed by atoms with van der Waals surface area (Å²) in [5, 5.41) is 16.0. The second-order valence-electron chi connectivity index (χ2n) is 3.61. The molecule has 88 valence electrons. The third kappa shape index (κ3) is 2.31. The van der Waals surface area contributed by atoms with E-state index < -0.39 is 0 Å². The van der Waals surface area contributed by atoms with Crippen LogP contribution in [0.3, 0.4) is 0 Å². The highest BCUT2D eigenvalue weighted by molar-refractivity contribution is 9.10. The fraction of sp³-hybridized carbons (Fsp3) is 0.0909. The van der Waals surface area contributed by atoms with Crippen LogP contribution in [-0.4, -0.2) is 20.8 Å². The fourth-order valence-electron chi connectivity index (χ4n) is 1.51. The Bertz CT molecular complexity index is 577. The minimum absolute atomic E-state index is 0.0504. The third-order valence-corrected chi connectivity index (χ3v) is 2.79. The molecule has 6 heteroatoms. The molecule has 0 aliphatic rings. The minimum Gasteiger partial charge on any atom is -0.409 e. The van der Waals surface area contributed by atoms with Crippen LogP contribution in [0.4, 0.5) is 0 Å². The van der Waals surface area contributed by atoms with Crippen LogP contribution in [0, 0.1) is 6.92 Å². The molecule has 2 rings (SSSR count). The summed E-state index contributed by atoms with van der Waals surface area (Å²) in [6.07, 6.45) is 3.62. The topological polar surface area (TPSA) is 76.4 Å². The summed E-state index contributed by atoms with van der Waals surface area (Å²) in [7, 11) is 0. The number of nitrogens with two attached hydrogens (primary N) is 1. The summed E-state index contributed by atoms with van der Waals surface area (Å²) in [6, 6.07) is 5.51. The van der Waals surface area contributed by atoms with Crippen molar-refractivity contribution >= 4 is 21.8 Å². The number of hydrogen-bond acceptors (Lipinski definition) is 3. The van der Waals surface area contributed by atoms with E-state index in [0.717, 1.165) is 15.7 Å².